The van der Waals surface area contributed by atoms with Crippen molar-refractivity contribution in [1.82, 2.24) is 0 Å². The standard InChI is InChI=1S/C10H19N3O/c1-10(2,9(12)14)13-8(11)7-5-3-4-6-7/h7H,3-6H2,1-2H3,(H2,11,13)(H2,12,14). The van der Waals surface area contributed by atoms with Crippen LogP contribution in [0, 0.1) is 5.92 Å². The van der Waals surface area contributed by atoms with Crippen molar-refractivity contribution in [1.29, 1.82) is 0 Å². The highest BCUT2D eigenvalue weighted by molar-refractivity contribution is 5.90. The number of amidine groups is 1. The van der Waals surface area contributed by atoms with Crippen molar-refractivity contribution in [2.45, 2.75) is 45.1 Å². The van der Waals surface area contributed by atoms with Crippen molar-refractivity contribution in [3.05, 3.63) is 0 Å². The maximum atomic E-state index is 11.0. The highest BCUT2D eigenvalue weighted by Gasteiger charge is 2.27. The van der Waals surface area contributed by atoms with Gasteiger partial charge in [-0.15, -0.1) is 0 Å². The van der Waals surface area contributed by atoms with Gasteiger partial charge in [-0.25, -0.2) is 0 Å². The maximum Gasteiger partial charge on any atom is 0.244 e. The molecule has 1 aliphatic rings. The minimum Gasteiger partial charge on any atom is -0.387 e. The van der Waals surface area contributed by atoms with Gasteiger partial charge < -0.3 is 11.5 Å². The first-order valence-corrected chi connectivity index (χ1v) is 5.08. The summed E-state index contributed by atoms with van der Waals surface area (Å²) in [6.07, 6.45) is 4.59. The van der Waals surface area contributed by atoms with Gasteiger partial charge in [0, 0.05) is 5.92 Å². The normalized spacial score (nSPS) is 20.0. The molecule has 1 rings (SSSR count). The molecule has 4 N–H and O–H groups in total. The molecule has 1 saturated carbocycles. The molecule has 0 radical (unpaired) electrons. The van der Waals surface area contributed by atoms with Crippen LogP contribution in [0.5, 0.6) is 0 Å². The Hall–Kier alpha value is -1.06. The molecule has 80 valence electrons. The van der Waals surface area contributed by atoms with E-state index in [0.29, 0.717) is 11.8 Å². The fraction of sp³-hybridized carbons (Fsp3) is 0.800. The predicted octanol–water partition coefficient (Wildman–Crippen LogP) is 0.798. The van der Waals surface area contributed by atoms with Gasteiger partial charge in [-0.1, -0.05) is 12.8 Å². The van der Waals surface area contributed by atoms with E-state index in [1.54, 1.807) is 13.8 Å². The third-order valence-electron chi connectivity index (χ3n) is 2.79. The van der Waals surface area contributed by atoms with Gasteiger partial charge in [-0.2, -0.15) is 0 Å². The smallest absolute Gasteiger partial charge is 0.244 e. The van der Waals surface area contributed by atoms with E-state index in [1.165, 1.54) is 12.8 Å². The van der Waals surface area contributed by atoms with E-state index >= 15 is 0 Å². The number of primary amides is 1. The lowest BCUT2D eigenvalue weighted by atomic mass is 10.0. The molecule has 4 heteroatoms. The lowest BCUT2D eigenvalue weighted by Gasteiger charge is -2.18. The molecule has 0 spiro atoms. The summed E-state index contributed by atoms with van der Waals surface area (Å²) in [6, 6.07) is 0. The Balaban J connectivity index is 2.70. The minimum absolute atomic E-state index is 0.355. The molecule has 1 aliphatic carbocycles. The van der Waals surface area contributed by atoms with Crippen LogP contribution in [0.3, 0.4) is 0 Å². The van der Waals surface area contributed by atoms with Gasteiger partial charge in [0.25, 0.3) is 0 Å². The van der Waals surface area contributed by atoms with Gasteiger partial charge in [0.1, 0.15) is 5.54 Å². The number of hydrogen-bond acceptors (Lipinski definition) is 2. The molecule has 1 amide bonds. The zero-order valence-electron chi connectivity index (χ0n) is 8.92. The molecule has 0 atom stereocenters. The van der Waals surface area contributed by atoms with Crippen LogP contribution in [0.4, 0.5) is 0 Å². The summed E-state index contributed by atoms with van der Waals surface area (Å²) in [7, 11) is 0. The summed E-state index contributed by atoms with van der Waals surface area (Å²) in [6.45, 7) is 3.38. The Morgan fingerprint density at radius 1 is 1.29 bits per heavy atom. The third-order valence-corrected chi connectivity index (χ3v) is 2.79. The van der Waals surface area contributed by atoms with Crippen molar-refractivity contribution in [2.24, 2.45) is 22.4 Å². The first-order chi connectivity index (χ1) is 6.43. The fourth-order valence-corrected chi connectivity index (χ4v) is 1.69. The van der Waals surface area contributed by atoms with E-state index < -0.39 is 11.4 Å². The molecular formula is C10H19N3O. The van der Waals surface area contributed by atoms with E-state index in [2.05, 4.69) is 4.99 Å². The average Bonchev–Trinajstić information content (AvgIpc) is 2.54. The number of carbonyl (C=O) groups is 1. The Morgan fingerprint density at radius 2 is 1.79 bits per heavy atom. The largest absolute Gasteiger partial charge is 0.387 e. The Bertz CT molecular complexity index is 252. The molecule has 14 heavy (non-hydrogen) atoms. The van der Waals surface area contributed by atoms with E-state index in [9.17, 15) is 4.79 Å². The van der Waals surface area contributed by atoms with Crippen molar-refractivity contribution < 1.29 is 4.79 Å². The van der Waals surface area contributed by atoms with Crippen molar-refractivity contribution >= 4 is 11.7 Å². The summed E-state index contributed by atoms with van der Waals surface area (Å²) in [5, 5.41) is 0. The molecular weight excluding hydrogens is 178 g/mol. The van der Waals surface area contributed by atoms with Gasteiger partial charge in [-0.05, 0) is 26.7 Å². The molecule has 0 unspecified atom stereocenters. The number of hydrogen-bond donors (Lipinski definition) is 2. The number of carbonyl (C=O) groups excluding carboxylic acids is 1. The van der Waals surface area contributed by atoms with Crippen LogP contribution in [0.2, 0.25) is 0 Å². The van der Waals surface area contributed by atoms with Gasteiger partial charge in [-0.3, -0.25) is 9.79 Å². The average molecular weight is 197 g/mol. The SMILES string of the molecule is CC(C)(N=C(N)C1CCCC1)C(N)=O. The van der Waals surface area contributed by atoms with Gasteiger partial charge in [0.15, 0.2) is 0 Å². The van der Waals surface area contributed by atoms with Gasteiger partial charge in [0.2, 0.25) is 5.91 Å². The minimum atomic E-state index is -0.868. The number of aliphatic imine (C=N–C) groups is 1. The second-order valence-electron chi connectivity index (χ2n) is 4.44. The monoisotopic (exact) mass is 197 g/mol. The predicted molar refractivity (Wildman–Crippen MR) is 56.9 cm³/mol. The molecule has 4 nitrogen and oxygen atoms in total. The van der Waals surface area contributed by atoms with Gasteiger partial charge in [0.05, 0.1) is 5.84 Å². The quantitative estimate of drug-likeness (QED) is 0.518. The Labute approximate surface area is 84.8 Å². The molecule has 0 heterocycles. The van der Waals surface area contributed by atoms with Crippen molar-refractivity contribution in [3.8, 4) is 0 Å². The fourth-order valence-electron chi connectivity index (χ4n) is 1.69. The van der Waals surface area contributed by atoms with E-state index in [-0.39, 0.29) is 0 Å². The van der Waals surface area contributed by atoms with Crippen LogP contribution in [0.15, 0.2) is 4.99 Å². The van der Waals surface area contributed by atoms with Crippen LogP contribution < -0.4 is 11.5 Å². The topological polar surface area (TPSA) is 81.5 Å². The number of nitrogens with zero attached hydrogens (tertiary/aromatic N) is 1. The van der Waals surface area contributed by atoms with Crippen LogP contribution >= 0.6 is 0 Å². The highest BCUT2D eigenvalue weighted by atomic mass is 16.1. The molecule has 0 bridgehead atoms. The lowest BCUT2D eigenvalue weighted by Crippen LogP contribution is -2.39. The van der Waals surface area contributed by atoms with E-state index in [1.807, 2.05) is 0 Å². The molecule has 0 aliphatic heterocycles. The summed E-state index contributed by atoms with van der Waals surface area (Å²) >= 11 is 0. The second-order valence-corrected chi connectivity index (χ2v) is 4.44. The molecule has 0 aromatic heterocycles. The van der Waals surface area contributed by atoms with Gasteiger partial charge >= 0.3 is 0 Å². The first-order valence-electron chi connectivity index (χ1n) is 5.08. The third kappa shape index (κ3) is 2.47. The summed E-state index contributed by atoms with van der Waals surface area (Å²) < 4.78 is 0. The summed E-state index contributed by atoms with van der Waals surface area (Å²) in [5.41, 5.74) is 10.2. The molecule has 0 aromatic carbocycles. The number of amides is 1. The van der Waals surface area contributed by atoms with Crippen molar-refractivity contribution in [3.63, 3.8) is 0 Å². The summed E-state index contributed by atoms with van der Waals surface area (Å²) in [4.78, 5) is 15.2. The Morgan fingerprint density at radius 3 is 2.21 bits per heavy atom. The van der Waals surface area contributed by atoms with E-state index in [4.69, 9.17) is 11.5 Å². The zero-order chi connectivity index (χ0) is 10.8. The van der Waals surface area contributed by atoms with Crippen LogP contribution in [0.25, 0.3) is 0 Å². The molecule has 0 aromatic rings. The Kier molecular flexibility index (Phi) is 3.13. The van der Waals surface area contributed by atoms with Crippen LogP contribution in [-0.4, -0.2) is 17.3 Å². The number of rotatable bonds is 3. The van der Waals surface area contributed by atoms with Crippen LogP contribution in [0.1, 0.15) is 39.5 Å². The van der Waals surface area contributed by atoms with Crippen molar-refractivity contribution in [2.75, 3.05) is 0 Å². The first kappa shape index (κ1) is 11.0. The zero-order valence-corrected chi connectivity index (χ0v) is 8.92. The number of nitrogens with two attached hydrogens (primary N) is 2. The van der Waals surface area contributed by atoms with Crippen LogP contribution in [-0.2, 0) is 4.79 Å². The van der Waals surface area contributed by atoms with E-state index in [0.717, 1.165) is 12.8 Å². The maximum absolute atomic E-state index is 11.0. The second kappa shape index (κ2) is 3.98. The summed E-state index contributed by atoms with van der Waals surface area (Å²) in [5.74, 6) is 0.512. The molecule has 1 fully saturated rings. The molecule has 0 saturated heterocycles. The highest BCUT2D eigenvalue weighted by Crippen LogP contribution is 2.25. The lowest BCUT2D eigenvalue weighted by molar-refractivity contribution is -0.121.